The Labute approximate surface area is 290 Å². The Balaban J connectivity index is 0.000000192. The van der Waals surface area contributed by atoms with E-state index in [-0.39, 0.29) is 12.1 Å². The second-order valence-electron chi connectivity index (χ2n) is 12.9. The van der Waals surface area contributed by atoms with Crippen molar-refractivity contribution in [1.82, 2.24) is 19.4 Å². The molecule has 6 rings (SSSR count). The van der Waals surface area contributed by atoms with Gasteiger partial charge in [-0.05, 0) is 105 Å². The van der Waals surface area contributed by atoms with Crippen molar-refractivity contribution in [2.75, 3.05) is 0 Å². The number of alkyl halides is 3. The number of nitrogens with zero attached hydrogens (tertiary/aromatic N) is 2. The van der Waals surface area contributed by atoms with E-state index in [1.54, 1.807) is 33.9 Å². The Morgan fingerprint density at radius 3 is 1.59 bits per heavy atom. The van der Waals surface area contributed by atoms with Gasteiger partial charge >= 0.3 is 6.18 Å². The van der Waals surface area contributed by atoms with Crippen LogP contribution in [0.2, 0.25) is 5.02 Å². The van der Waals surface area contributed by atoms with Gasteiger partial charge in [-0.2, -0.15) is 13.2 Å². The van der Waals surface area contributed by atoms with Crippen LogP contribution in [-0.2, 0) is 51.9 Å². The van der Waals surface area contributed by atoms with Crippen LogP contribution in [0, 0.1) is 0 Å². The van der Waals surface area contributed by atoms with E-state index in [9.17, 15) is 30.0 Å². The van der Waals surface area contributed by atoms with Gasteiger partial charge in [-0.3, -0.25) is 9.97 Å². The molecule has 8 nitrogen and oxygen atoms in total. The molecule has 2 aromatic carbocycles. The summed E-state index contributed by atoms with van der Waals surface area (Å²) in [6.45, 7) is 6.63. The molecule has 0 fully saturated rings. The molecule has 2 heterocycles. The van der Waals surface area contributed by atoms with E-state index in [4.69, 9.17) is 11.6 Å². The quantitative estimate of drug-likeness (QED) is 0.207. The number of aromatic nitrogens is 2. The number of rotatable bonds is 8. The number of pyridine rings is 2. The second kappa shape index (κ2) is 14.5. The van der Waals surface area contributed by atoms with E-state index in [0.29, 0.717) is 29.8 Å². The fourth-order valence-electron chi connectivity index (χ4n) is 5.76. The maximum atomic E-state index is 12.6. The van der Waals surface area contributed by atoms with Crippen molar-refractivity contribution in [2.24, 2.45) is 0 Å². The lowest BCUT2D eigenvalue weighted by Gasteiger charge is -2.14. The summed E-state index contributed by atoms with van der Waals surface area (Å²) in [4.78, 5) is 7.82. The summed E-state index contributed by atoms with van der Waals surface area (Å²) in [5.74, 6) is 0. The summed E-state index contributed by atoms with van der Waals surface area (Å²) in [5, 5.41) is -0.307. The molecule has 0 bridgehead atoms. The lowest BCUT2D eigenvalue weighted by molar-refractivity contribution is -0.141. The maximum absolute atomic E-state index is 12.6. The highest BCUT2D eigenvalue weighted by Gasteiger charge is 2.32. The first-order valence-corrected chi connectivity index (χ1v) is 19.3. The van der Waals surface area contributed by atoms with Crippen molar-refractivity contribution in [3.63, 3.8) is 0 Å². The van der Waals surface area contributed by atoms with Crippen LogP contribution in [0.4, 0.5) is 13.2 Å². The molecule has 0 saturated heterocycles. The minimum Gasteiger partial charge on any atom is -0.255 e. The number of halogens is 4. The van der Waals surface area contributed by atoms with E-state index >= 15 is 0 Å². The predicted octanol–water partition coefficient (Wildman–Crippen LogP) is 6.76. The highest BCUT2D eigenvalue weighted by molar-refractivity contribution is 7.90. The average Bonchev–Trinajstić information content (AvgIpc) is 3.62. The summed E-state index contributed by atoms with van der Waals surface area (Å²) in [5.41, 5.74) is 6.73. The fourth-order valence-corrected chi connectivity index (χ4v) is 7.68. The van der Waals surface area contributed by atoms with Gasteiger partial charge in [0.1, 0.15) is 5.69 Å². The second-order valence-corrected chi connectivity index (χ2v) is 17.9. The van der Waals surface area contributed by atoms with Gasteiger partial charge in [0.15, 0.2) is 0 Å². The van der Waals surface area contributed by atoms with Crippen molar-refractivity contribution in [3.05, 3.63) is 106 Å². The highest BCUT2D eigenvalue weighted by atomic mass is 35.5. The molecule has 2 aliphatic carbocycles. The Morgan fingerprint density at radius 2 is 1.14 bits per heavy atom. The largest absolute Gasteiger partial charge is 0.433 e. The average molecular weight is 735 g/mol. The number of nitrogens with one attached hydrogen (secondary N) is 2. The zero-order chi connectivity index (χ0) is 35.7. The molecular formula is C35H38ClF3N4O4S2. The van der Waals surface area contributed by atoms with Crippen LogP contribution in [0.5, 0.6) is 0 Å². The molecule has 0 aliphatic heterocycles. The molecule has 4 aromatic rings. The third-order valence-electron chi connectivity index (χ3n) is 8.59. The predicted molar refractivity (Wildman–Crippen MR) is 186 cm³/mol. The van der Waals surface area contributed by atoms with Gasteiger partial charge < -0.3 is 0 Å². The first-order chi connectivity index (χ1) is 22.9. The topological polar surface area (TPSA) is 118 Å². The number of sulfonamides is 2. The molecule has 0 radical (unpaired) electrons. The van der Waals surface area contributed by atoms with Gasteiger partial charge in [-0.1, -0.05) is 48.0 Å². The number of hydrogen-bond acceptors (Lipinski definition) is 6. The number of hydrogen-bond donors (Lipinski definition) is 2. The summed E-state index contributed by atoms with van der Waals surface area (Å²) >= 11 is 5.87. The van der Waals surface area contributed by atoms with Crippen molar-refractivity contribution in [1.29, 1.82) is 0 Å². The van der Waals surface area contributed by atoms with Crippen LogP contribution < -0.4 is 9.44 Å². The molecule has 2 aliphatic rings. The molecule has 2 atom stereocenters. The van der Waals surface area contributed by atoms with Crippen LogP contribution in [0.25, 0.3) is 22.4 Å². The van der Waals surface area contributed by atoms with Gasteiger partial charge in [0.25, 0.3) is 0 Å². The lowest BCUT2D eigenvalue weighted by Crippen LogP contribution is -2.39. The molecule has 0 spiro atoms. The maximum Gasteiger partial charge on any atom is 0.433 e. The Morgan fingerprint density at radius 1 is 0.653 bits per heavy atom. The minimum absolute atomic E-state index is 0.0640. The molecule has 2 N–H and O–H groups in total. The third kappa shape index (κ3) is 9.06. The fraction of sp³-hybridized carbons (Fsp3) is 0.371. The molecule has 14 heteroatoms. The summed E-state index contributed by atoms with van der Waals surface area (Å²) in [6.07, 6.45) is 0.980. The Bertz CT molecular complexity index is 2020. The molecule has 0 saturated carbocycles. The summed E-state index contributed by atoms with van der Waals surface area (Å²) in [6, 6.07) is 17.6. The summed E-state index contributed by atoms with van der Waals surface area (Å²) < 4.78 is 91.5. The van der Waals surface area contributed by atoms with E-state index in [1.165, 1.54) is 23.4 Å². The van der Waals surface area contributed by atoms with Crippen LogP contribution in [0.1, 0.15) is 55.6 Å². The molecule has 2 aromatic heterocycles. The van der Waals surface area contributed by atoms with Gasteiger partial charge in [-0.25, -0.2) is 26.3 Å². The first kappa shape index (κ1) is 36.9. The molecule has 0 unspecified atom stereocenters. The first-order valence-electron chi connectivity index (χ1n) is 15.8. The van der Waals surface area contributed by atoms with Crippen molar-refractivity contribution in [3.8, 4) is 22.4 Å². The zero-order valence-electron chi connectivity index (χ0n) is 27.4. The van der Waals surface area contributed by atoms with Gasteiger partial charge in [0, 0.05) is 35.6 Å². The highest BCUT2D eigenvalue weighted by Crippen LogP contribution is 2.32. The molecule has 49 heavy (non-hydrogen) atoms. The Hall–Kier alpha value is -3.36. The van der Waals surface area contributed by atoms with Crippen LogP contribution >= 0.6 is 11.6 Å². The Kier molecular flexibility index (Phi) is 10.9. The van der Waals surface area contributed by atoms with Crippen molar-refractivity contribution < 1.29 is 30.0 Å². The normalized spacial score (nSPS) is 17.5. The van der Waals surface area contributed by atoms with Crippen LogP contribution in [0.3, 0.4) is 0 Å². The van der Waals surface area contributed by atoms with Gasteiger partial charge in [-0.15, -0.1) is 0 Å². The molecule has 0 amide bonds. The summed E-state index contributed by atoms with van der Waals surface area (Å²) in [7, 11) is -6.59. The van der Waals surface area contributed by atoms with E-state index < -0.39 is 42.4 Å². The standard InChI is InChI=1S/C18H19F3N2O2S.C17H19ClN2O2S/c1-11(2)26(24,25)23-16-8-13-4-3-12(7-15(13)9-16)14-5-6-17(22-10-14)18(19,20)21;1-11(2)23(21,22)20-16-8-12-3-4-13(7-14(12)9-16)17-6-5-15(18)10-19-17/h3-7,10-11,16,23H,8-9H2,1-2H3;3-7,10-11,16,20H,8-9H2,1-2H3/t2*16-/m00/s1. The number of benzene rings is 2. The minimum atomic E-state index is -4.46. The molecular weight excluding hydrogens is 697 g/mol. The third-order valence-corrected chi connectivity index (χ3v) is 12.6. The van der Waals surface area contributed by atoms with Crippen LogP contribution in [0.15, 0.2) is 73.1 Å². The molecule has 262 valence electrons. The lowest BCUT2D eigenvalue weighted by atomic mass is 10.0. The van der Waals surface area contributed by atoms with E-state index in [1.807, 2.05) is 36.4 Å². The van der Waals surface area contributed by atoms with E-state index in [0.717, 1.165) is 40.4 Å². The van der Waals surface area contributed by atoms with Gasteiger partial charge in [0.05, 0.1) is 21.2 Å². The van der Waals surface area contributed by atoms with E-state index in [2.05, 4.69) is 31.5 Å². The van der Waals surface area contributed by atoms with Crippen LogP contribution in [-0.4, -0.2) is 49.4 Å². The SMILES string of the molecule is CC(C)S(=O)(=O)N[C@H]1Cc2ccc(-c3ccc(C(F)(F)F)nc3)cc2C1.CC(C)S(=O)(=O)N[C@H]1Cc2ccc(-c3ccc(Cl)cn3)cc2C1. The smallest absolute Gasteiger partial charge is 0.255 e. The number of fused-ring (bicyclic) bond motifs is 2. The monoisotopic (exact) mass is 734 g/mol. The van der Waals surface area contributed by atoms with Gasteiger partial charge in [0.2, 0.25) is 20.0 Å². The van der Waals surface area contributed by atoms with Crippen molar-refractivity contribution >= 4 is 31.6 Å². The van der Waals surface area contributed by atoms with Crippen molar-refractivity contribution in [2.45, 2.75) is 82.1 Å². The zero-order valence-corrected chi connectivity index (χ0v) is 29.8.